The summed E-state index contributed by atoms with van der Waals surface area (Å²) in [7, 11) is 1.15. The molecule has 106 valence electrons. The summed E-state index contributed by atoms with van der Waals surface area (Å²) in [5.74, 6) is -1.61. The van der Waals surface area contributed by atoms with Gasteiger partial charge in [-0.1, -0.05) is 0 Å². The highest BCUT2D eigenvalue weighted by Gasteiger charge is 2.33. The fraction of sp³-hybridized carbons (Fsp3) is 0.400. The molecule has 0 amide bonds. The molecule has 0 saturated carbocycles. The van der Waals surface area contributed by atoms with E-state index in [-0.39, 0.29) is 29.9 Å². The second-order valence-corrected chi connectivity index (χ2v) is 3.49. The van der Waals surface area contributed by atoms with Gasteiger partial charge in [0.25, 0.3) is 0 Å². The predicted octanol–water partition coefficient (Wildman–Crippen LogP) is 0.737. The quantitative estimate of drug-likeness (QED) is 0.788. The second kappa shape index (κ2) is 5.74. The summed E-state index contributed by atoms with van der Waals surface area (Å²) in [5, 5.41) is 0. The van der Waals surface area contributed by atoms with Crippen LogP contribution in [-0.2, 0) is 22.5 Å². The standard InChI is InChI=1S/C10H12F3N3O3/c1-18-8(17)3-5-2-7(15)16-9(6(5)4-14)19-10(11,12)13/h2H,3-4,14H2,1H3,(H2,15,16). The van der Waals surface area contributed by atoms with Crippen LogP contribution in [0.15, 0.2) is 6.07 Å². The van der Waals surface area contributed by atoms with E-state index < -0.39 is 18.2 Å². The maximum atomic E-state index is 12.2. The van der Waals surface area contributed by atoms with Crippen molar-refractivity contribution in [2.75, 3.05) is 12.8 Å². The molecule has 9 heteroatoms. The summed E-state index contributed by atoms with van der Waals surface area (Å²) >= 11 is 0. The lowest BCUT2D eigenvalue weighted by atomic mass is 10.1. The van der Waals surface area contributed by atoms with Crippen LogP contribution in [0.2, 0.25) is 0 Å². The lowest BCUT2D eigenvalue weighted by molar-refractivity contribution is -0.276. The van der Waals surface area contributed by atoms with Crippen LogP contribution in [0, 0.1) is 0 Å². The first-order valence-corrected chi connectivity index (χ1v) is 5.07. The van der Waals surface area contributed by atoms with Gasteiger partial charge in [-0.15, -0.1) is 13.2 Å². The number of carbonyl (C=O) groups excluding carboxylic acids is 1. The summed E-state index contributed by atoms with van der Waals surface area (Å²) in [4.78, 5) is 14.6. The third-order valence-corrected chi connectivity index (χ3v) is 2.18. The Morgan fingerprint density at radius 2 is 2.11 bits per heavy atom. The Labute approximate surface area is 106 Å². The van der Waals surface area contributed by atoms with E-state index in [1.807, 2.05) is 0 Å². The average molecular weight is 279 g/mol. The molecule has 6 nitrogen and oxygen atoms in total. The molecule has 0 fully saturated rings. The number of ether oxygens (including phenoxy) is 2. The largest absolute Gasteiger partial charge is 0.574 e. The lowest BCUT2D eigenvalue weighted by Gasteiger charge is -2.15. The Bertz CT molecular complexity index is 477. The number of alkyl halides is 3. The number of nitrogens with two attached hydrogens (primary N) is 2. The molecule has 0 aromatic carbocycles. The molecular formula is C10H12F3N3O3. The summed E-state index contributed by atoms with van der Waals surface area (Å²) < 4.78 is 44.8. The number of hydrogen-bond donors (Lipinski definition) is 2. The van der Waals surface area contributed by atoms with Crippen molar-refractivity contribution in [1.82, 2.24) is 4.98 Å². The molecule has 0 spiro atoms. The second-order valence-electron chi connectivity index (χ2n) is 3.49. The summed E-state index contributed by atoms with van der Waals surface area (Å²) in [6.07, 6.45) is -5.20. The molecule has 0 aliphatic heterocycles. The number of carbonyl (C=O) groups is 1. The highest BCUT2D eigenvalue weighted by Crippen LogP contribution is 2.28. The zero-order valence-electron chi connectivity index (χ0n) is 9.95. The van der Waals surface area contributed by atoms with E-state index in [1.54, 1.807) is 0 Å². The maximum absolute atomic E-state index is 12.2. The van der Waals surface area contributed by atoms with Gasteiger partial charge < -0.3 is 20.9 Å². The van der Waals surface area contributed by atoms with Gasteiger partial charge in [-0.05, 0) is 11.6 Å². The van der Waals surface area contributed by atoms with Crippen LogP contribution in [-0.4, -0.2) is 24.4 Å². The molecular weight excluding hydrogens is 267 g/mol. The van der Waals surface area contributed by atoms with Crippen molar-refractivity contribution in [2.24, 2.45) is 5.73 Å². The number of rotatable bonds is 4. The first-order chi connectivity index (χ1) is 8.76. The molecule has 0 aliphatic carbocycles. The summed E-state index contributed by atoms with van der Waals surface area (Å²) in [5.41, 5.74) is 10.9. The number of methoxy groups -OCH3 is 1. The van der Waals surface area contributed by atoms with Gasteiger partial charge in [0.05, 0.1) is 13.5 Å². The van der Waals surface area contributed by atoms with Crippen LogP contribution in [0.1, 0.15) is 11.1 Å². The Morgan fingerprint density at radius 1 is 1.47 bits per heavy atom. The zero-order valence-corrected chi connectivity index (χ0v) is 9.95. The fourth-order valence-corrected chi connectivity index (χ4v) is 1.42. The van der Waals surface area contributed by atoms with Crippen molar-refractivity contribution < 1.29 is 27.4 Å². The molecule has 1 heterocycles. The van der Waals surface area contributed by atoms with Crippen LogP contribution in [0.5, 0.6) is 5.88 Å². The number of hydrogen-bond acceptors (Lipinski definition) is 6. The molecule has 4 N–H and O–H groups in total. The highest BCUT2D eigenvalue weighted by molar-refractivity contribution is 5.73. The molecule has 0 atom stereocenters. The maximum Gasteiger partial charge on any atom is 0.574 e. The van der Waals surface area contributed by atoms with Gasteiger partial charge in [0.1, 0.15) is 5.82 Å². The van der Waals surface area contributed by atoms with Gasteiger partial charge >= 0.3 is 12.3 Å². The normalized spacial score (nSPS) is 11.2. The number of pyridine rings is 1. The van der Waals surface area contributed by atoms with Crippen molar-refractivity contribution in [2.45, 2.75) is 19.3 Å². The Morgan fingerprint density at radius 3 is 2.58 bits per heavy atom. The van der Waals surface area contributed by atoms with E-state index in [0.717, 1.165) is 7.11 Å². The van der Waals surface area contributed by atoms with Gasteiger partial charge in [0.2, 0.25) is 5.88 Å². The van der Waals surface area contributed by atoms with E-state index in [2.05, 4.69) is 14.5 Å². The van der Waals surface area contributed by atoms with Crippen LogP contribution >= 0.6 is 0 Å². The molecule has 1 rings (SSSR count). The predicted molar refractivity (Wildman–Crippen MR) is 58.9 cm³/mol. The highest BCUT2D eigenvalue weighted by atomic mass is 19.4. The first-order valence-electron chi connectivity index (χ1n) is 5.07. The summed E-state index contributed by atoms with van der Waals surface area (Å²) in [6, 6.07) is 1.25. The Balaban J connectivity index is 3.20. The molecule has 0 aliphatic rings. The number of nitrogens with zero attached hydrogens (tertiary/aromatic N) is 1. The number of halogens is 3. The van der Waals surface area contributed by atoms with E-state index >= 15 is 0 Å². The molecule has 0 radical (unpaired) electrons. The molecule has 19 heavy (non-hydrogen) atoms. The molecule has 0 saturated heterocycles. The van der Waals surface area contributed by atoms with E-state index in [1.165, 1.54) is 6.07 Å². The fourth-order valence-electron chi connectivity index (χ4n) is 1.42. The van der Waals surface area contributed by atoms with E-state index in [0.29, 0.717) is 0 Å². The van der Waals surface area contributed by atoms with Crippen LogP contribution < -0.4 is 16.2 Å². The monoisotopic (exact) mass is 279 g/mol. The van der Waals surface area contributed by atoms with Crippen molar-refractivity contribution >= 4 is 11.8 Å². The summed E-state index contributed by atoms with van der Waals surface area (Å²) in [6.45, 7) is -0.287. The third-order valence-electron chi connectivity index (χ3n) is 2.18. The molecule has 0 unspecified atom stereocenters. The number of esters is 1. The zero-order chi connectivity index (χ0) is 14.6. The van der Waals surface area contributed by atoms with Crippen molar-refractivity contribution in [1.29, 1.82) is 0 Å². The molecule has 1 aromatic rings. The van der Waals surface area contributed by atoms with Gasteiger partial charge in [-0.25, -0.2) is 0 Å². The van der Waals surface area contributed by atoms with E-state index in [4.69, 9.17) is 11.5 Å². The van der Waals surface area contributed by atoms with Crippen molar-refractivity contribution in [3.8, 4) is 5.88 Å². The minimum absolute atomic E-state index is 0.0445. The number of anilines is 1. The smallest absolute Gasteiger partial charge is 0.469 e. The minimum Gasteiger partial charge on any atom is -0.469 e. The SMILES string of the molecule is COC(=O)Cc1cc(N)nc(OC(F)(F)F)c1CN. The Kier molecular flexibility index (Phi) is 4.54. The van der Waals surface area contributed by atoms with Gasteiger partial charge in [-0.2, -0.15) is 4.98 Å². The van der Waals surface area contributed by atoms with Gasteiger partial charge in [-0.3, -0.25) is 4.79 Å². The number of nitrogen functional groups attached to an aromatic ring is 1. The van der Waals surface area contributed by atoms with Crippen LogP contribution in [0.4, 0.5) is 19.0 Å². The van der Waals surface area contributed by atoms with Crippen molar-refractivity contribution in [3.05, 3.63) is 17.2 Å². The Hall–Kier alpha value is -2.03. The lowest BCUT2D eigenvalue weighted by Crippen LogP contribution is -2.21. The third kappa shape index (κ3) is 4.28. The van der Waals surface area contributed by atoms with E-state index in [9.17, 15) is 18.0 Å². The van der Waals surface area contributed by atoms with Gasteiger partial charge in [0, 0.05) is 12.1 Å². The van der Waals surface area contributed by atoms with Gasteiger partial charge in [0.15, 0.2) is 0 Å². The molecule has 0 bridgehead atoms. The minimum atomic E-state index is -4.92. The number of aromatic nitrogens is 1. The topological polar surface area (TPSA) is 100 Å². The first kappa shape index (κ1) is 15.0. The van der Waals surface area contributed by atoms with Crippen LogP contribution in [0.25, 0.3) is 0 Å². The van der Waals surface area contributed by atoms with Crippen molar-refractivity contribution in [3.63, 3.8) is 0 Å². The molecule has 1 aromatic heterocycles. The van der Waals surface area contributed by atoms with Crippen LogP contribution in [0.3, 0.4) is 0 Å². The average Bonchev–Trinajstić information content (AvgIpc) is 2.26.